The second-order valence-electron chi connectivity index (χ2n) is 7.12. The van der Waals surface area contributed by atoms with Gasteiger partial charge in [0.05, 0.1) is 10.6 Å². The predicted molar refractivity (Wildman–Crippen MR) is 117 cm³/mol. The number of sulfonamides is 1. The Hall–Kier alpha value is -3.19. The summed E-state index contributed by atoms with van der Waals surface area (Å²) in [5.41, 5.74) is 3.73. The quantitative estimate of drug-likeness (QED) is 0.627. The van der Waals surface area contributed by atoms with Crippen LogP contribution < -0.4 is 9.62 Å². The number of rotatable bonds is 6. The minimum Gasteiger partial charge on any atom is -0.324 e. The third-order valence-electron chi connectivity index (χ3n) is 4.76. The maximum atomic E-state index is 13.3. The molecule has 1 amide bonds. The summed E-state index contributed by atoms with van der Waals surface area (Å²) in [6.45, 7) is 5.21. The van der Waals surface area contributed by atoms with E-state index in [1.807, 2.05) is 39.0 Å². The summed E-state index contributed by atoms with van der Waals surface area (Å²) in [5, 5.41) is 2.82. The fourth-order valence-corrected chi connectivity index (χ4v) is 4.50. The van der Waals surface area contributed by atoms with Crippen LogP contribution in [0.2, 0.25) is 0 Å². The van der Waals surface area contributed by atoms with Gasteiger partial charge in [-0.3, -0.25) is 9.10 Å². The van der Waals surface area contributed by atoms with E-state index >= 15 is 0 Å². The molecule has 5 nitrogen and oxygen atoms in total. The van der Waals surface area contributed by atoms with Crippen molar-refractivity contribution in [3.8, 4) is 0 Å². The lowest BCUT2D eigenvalue weighted by molar-refractivity contribution is -0.114. The van der Waals surface area contributed by atoms with Crippen molar-refractivity contribution in [2.45, 2.75) is 25.7 Å². The predicted octanol–water partition coefficient (Wildman–Crippen LogP) is 4.58. The fraction of sp³-hybridized carbons (Fsp3) is 0.174. The lowest BCUT2D eigenvalue weighted by Crippen LogP contribution is -2.38. The van der Waals surface area contributed by atoms with E-state index in [0.29, 0.717) is 11.4 Å². The van der Waals surface area contributed by atoms with Gasteiger partial charge in [-0.2, -0.15) is 0 Å². The van der Waals surface area contributed by atoms with Crippen molar-refractivity contribution >= 4 is 27.3 Å². The highest BCUT2D eigenvalue weighted by Gasteiger charge is 2.27. The van der Waals surface area contributed by atoms with Crippen LogP contribution in [0.1, 0.15) is 16.7 Å². The molecule has 0 saturated carbocycles. The maximum Gasteiger partial charge on any atom is 0.264 e. The van der Waals surface area contributed by atoms with Crippen LogP contribution in [-0.4, -0.2) is 20.9 Å². The van der Waals surface area contributed by atoms with Gasteiger partial charge in [0, 0.05) is 5.69 Å². The molecule has 3 rings (SSSR count). The molecule has 7 heteroatoms. The Morgan fingerprint density at radius 1 is 0.900 bits per heavy atom. The first-order valence-corrected chi connectivity index (χ1v) is 10.8. The number of nitrogens with one attached hydrogen (secondary N) is 1. The summed E-state index contributed by atoms with van der Waals surface area (Å²) >= 11 is 0. The number of aryl methyl sites for hydroxylation is 3. The SMILES string of the molecule is Cc1ccc(N(CC(=O)Nc2c(C)cccc2C)S(=O)(=O)c2ccc(F)cc2)cc1. The van der Waals surface area contributed by atoms with Gasteiger partial charge in [-0.15, -0.1) is 0 Å². The van der Waals surface area contributed by atoms with Crippen LogP contribution in [0.3, 0.4) is 0 Å². The minimum absolute atomic E-state index is 0.0932. The van der Waals surface area contributed by atoms with Crippen molar-refractivity contribution in [2.75, 3.05) is 16.2 Å². The van der Waals surface area contributed by atoms with E-state index in [1.54, 1.807) is 24.3 Å². The number of anilines is 2. The third-order valence-corrected chi connectivity index (χ3v) is 6.54. The number of carbonyl (C=O) groups excluding carboxylic acids is 1. The number of benzene rings is 3. The van der Waals surface area contributed by atoms with E-state index < -0.39 is 28.3 Å². The van der Waals surface area contributed by atoms with Gasteiger partial charge >= 0.3 is 0 Å². The van der Waals surface area contributed by atoms with Crippen molar-refractivity contribution in [1.82, 2.24) is 0 Å². The first-order valence-electron chi connectivity index (χ1n) is 9.39. The highest BCUT2D eigenvalue weighted by Crippen LogP contribution is 2.25. The molecule has 156 valence electrons. The molecule has 0 spiro atoms. The minimum atomic E-state index is -4.09. The van der Waals surface area contributed by atoms with Gasteiger partial charge in [-0.25, -0.2) is 12.8 Å². The number of para-hydroxylation sites is 1. The van der Waals surface area contributed by atoms with Crippen LogP contribution in [0.4, 0.5) is 15.8 Å². The fourth-order valence-electron chi connectivity index (χ4n) is 3.08. The Bertz CT molecular complexity index is 1140. The van der Waals surface area contributed by atoms with Crippen LogP contribution >= 0.6 is 0 Å². The molecule has 0 aliphatic heterocycles. The topological polar surface area (TPSA) is 66.5 Å². The number of halogens is 1. The molecular formula is C23H23FN2O3S. The Balaban J connectivity index is 1.96. The molecule has 0 saturated heterocycles. The van der Waals surface area contributed by atoms with E-state index in [2.05, 4.69) is 5.32 Å². The highest BCUT2D eigenvalue weighted by atomic mass is 32.2. The van der Waals surface area contributed by atoms with Gasteiger partial charge < -0.3 is 5.32 Å². The summed E-state index contributed by atoms with van der Waals surface area (Å²) in [6.07, 6.45) is 0. The van der Waals surface area contributed by atoms with Crippen LogP contribution in [0.25, 0.3) is 0 Å². The third kappa shape index (κ3) is 4.68. The summed E-state index contributed by atoms with van der Waals surface area (Å²) in [7, 11) is -4.09. The number of hydrogen-bond donors (Lipinski definition) is 1. The molecule has 30 heavy (non-hydrogen) atoms. The van der Waals surface area contributed by atoms with Gasteiger partial charge in [0.1, 0.15) is 12.4 Å². The number of amides is 1. The van der Waals surface area contributed by atoms with Crippen LogP contribution in [-0.2, 0) is 14.8 Å². The standard InChI is InChI=1S/C23H23FN2O3S/c1-16-7-11-20(12-8-16)26(30(28,29)21-13-9-19(24)10-14-21)15-22(27)25-23-17(2)5-4-6-18(23)3/h4-14H,15H2,1-3H3,(H,25,27). The number of nitrogens with zero attached hydrogens (tertiary/aromatic N) is 1. The van der Waals surface area contributed by atoms with E-state index in [-0.39, 0.29) is 4.90 Å². The molecule has 0 heterocycles. The number of carbonyl (C=O) groups is 1. The summed E-state index contributed by atoms with van der Waals surface area (Å²) in [6, 6.07) is 17.0. The van der Waals surface area contributed by atoms with Crippen molar-refractivity contribution < 1.29 is 17.6 Å². The maximum absolute atomic E-state index is 13.3. The van der Waals surface area contributed by atoms with Crippen LogP contribution in [0.5, 0.6) is 0 Å². The Labute approximate surface area is 176 Å². The lowest BCUT2D eigenvalue weighted by atomic mass is 10.1. The van der Waals surface area contributed by atoms with Gasteiger partial charge in [-0.05, 0) is 68.3 Å². The second-order valence-corrected chi connectivity index (χ2v) is 8.98. The molecule has 0 aliphatic rings. The van der Waals surface area contributed by atoms with Gasteiger partial charge in [0.25, 0.3) is 10.0 Å². The molecule has 0 radical (unpaired) electrons. The van der Waals surface area contributed by atoms with Gasteiger partial charge in [-0.1, -0.05) is 35.9 Å². The van der Waals surface area contributed by atoms with Crippen molar-refractivity contribution in [3.05, 3.63) is 89.2 Å². The van der Waals surface area contributed by atoms with Crippen LogP contribution in [0.15, 0.2) is 71.6 Å². The highest BCUT2D eigenvalue weighted by molar-refractivity contribution is 7.92. The van der Waals surface area contributed by atoms with Gasteiger partial charge in [0.15, 0.2) is 0 Å². The number of hydrogen-bond acceptors (Lipinski definition) is 3. The normalized spacial score (nSPS) is 11.2. The Morgan fingerprint density at radius 3 is 2.03 bits per heavy atom. The van der Waals surface area contributed by atoms with Crippen molar-refractivity contribution in [2.24, 2.45) is 0 Å². The summed E-state index contributed by atoms with van der Waals surface area (Å²) in [4.78, 5) is 12.7. The second kappa shape index (κ2) is 8.67. The van der Waals surface area contributed by atoms with Gasteiger partial charge in [0.2, 0.25) is 5.91 Å². The summed E-state index contributed by atoms with van der Waals surface area (Å²) in [5.74, 6) is -1.01. The molecule has 0 unspecified atom stereocenters. The first kappa shape index (κ1) is 21.5. The smallest absolute Gasteiger partial charge is 0.264 e. The zero-order valence-corrected chi connectivity index (χ0v) is 17.8. The lowest BCUT2D eigenvalue weighted by Gasteiger charge is -2.24. The largest absolute Gasteiger partial charge is 0.324 e. The Morgan fingerprint density at radius 2 is 1.47 bits per heavy atom. The molecule has 3 aromatic rings. The first-order chi connectivity index (χ1) is 14.2. The average Bonchev–Trinajstić information content (AvgIpc) is 2.70. The zero-order valence-electron chi connectivity index (χ0n) is 17.0. The summed E-state index contributed by atoms with van der Waals surface area (Å²) < 4.78 is 40.9. The molecule has 0 bridgehead atoms. The molecular weight excluding hydrogens is 403 g/mol. The van der Waals surface area contributed by atoms with Crippen LogP contribution in [0, 0.1) is 26.6 Å². The molecule has 0 atom stereocenters. The van der Waals surface area contributed by atoms with E-state index in [9.17, 15) is 17.6 Å². The average molecular weight is 427 g/mol. The zero-order chi connectivity index (χ0) is 21.9. The molecule has 3 aromatic carbocycles. The van der Waals surface area contributed by atoms with Crippen molar-refractivity contribution in [1.29, 1.82) is 0 Å². The molecule has 1 N–H and O–H groups in total. The molecule has 0 aromatic heterocycles. The monoisotopic (exact) mass is 426 g/mol. The van der Waals surface area contributed by atoms with E-state index in [4.69, 9.17) is 0 Å². The van der Waals surface area contributed by atoms with Crippen molar-refractivity contribution in [3.63, 3.8) is 0 Å². The molecule has 0 aliphatic carbocycles. The molecule has 0 fully saturated rings. The Kier molecular flexibility index (Phi) is 6.22. The van der Waals surface area contributed by atoms with E-state index in [0.717, 1.165) is 33.1 Å². The van der Waals surface area contributed by atoms with E-state index in [1.165, 1.54) is 12.1 Å².